The van der Waals surface area contributed by atoms with Crippen LogP contribution in [0.1, 0.15) is 32.3 Å². The van der Waals surface area contributed by atoms with Gasteiger partial charge in [0.1, 0.15) is 23.4 Å². The van der Waals surface area contributed by atoms with Crippen molar-refractivity contribution in [3.8, 4) is 11.5 Å². The molecule has 11 nitrogen and oxygen atoms in total. The molecule has 14 heteroatoms. The molecule has 1 fully saturated rings. The smallest absolute Gasteiger partial charge is 0.348 e. The monoisotopic (exact) mass is 511 g/mol. The van der Waals surface area contributed by atoms with Crippen molar-refractivity contribution >= 4 is 57.3 Å². The molecule has 0 aliphatic carbocycles. The number of hydrogen-bond donors (Lipinski definition) is 4. The van der Waals surface area contributed by atoms with Gasteiger partial charge >= 0.3 is 5.97 Å². The number of imidazole rings is 1. The molecule has 0 radical (unpaired) electrons. The number of amides is 1. The van der Waals surface area contributed by atoms with E-state index in [0.717, 1.165) is 11.3 Å². The number of hydrogen-bond acceptors (Lipinski definition) is 8. The molecule has 4 heterocycles. The molecule has 0 saturated carbocycles. The van der Waals surface area contributed by atoms with Gasteiger partial charge in [0.15, 0.2) is 11.0 Å². The van der Waals surface area contributed by atoms with Crippen LogP contribution < -0.4 is 10.2 Å². The Morgan fingerprint density at radius 3 is 2.79 bits per heavy atom. The number of nitrogens with one attached hydrogen (secondary N) is 3. The molecule has 3 aromatic heterocycles. The van der Waals surface area contributed by atoms with Gasteiger partial charge in [0.25, 0.3) is 5.91 Å². The summed E-state index contributed by atoms with van der Waals surface area (Å²) in [6.07, 6.45) is 3.61. The highest BCUT2D eigenvalue weighted by atomic mass is 35.5. The molecule has 1 unspecified atom stereocenters. The lowest BCUT2D eigenvalue weighted by molar-refractivity contribution is 0.0702. The van der Waals surface area contributed by atoms with Gasteiger partial charge in [-0.1, -0.05) is 39.7 Å². The van der Waals surface area contributed by atoms with E-state index in [1.807, 2.05) is 4.90 Å². The Morgan fingerprint density at radius 1 is 1.39 bits per heavy atom. The summed E-state index contributed by atoms with van der Waals surface area (Å²) in [5.41, 5.74) is 1.58. The van der Waals surface area contributed by atoms with Crippen molar-refractivity contribution in [2.45, 2.75) is 19.4 Å². The molecule has 174 valence electrons. The first kappa shape index (κ1) is 23.1. The fourth-order valence-electron chi connectivity index (χ4n) is 3.47. The number of nitrogens with zero attached hydrogens (tertiary/aromatic N) is 4. The second-order valence-corrected chi connectivity index (χ2v) is 8.90. The number of aromatic carboxylic acids is 1. The molecule has 4 N–H and O–H groups in total. The lowest BCUT2D eigenvalue weighted by Crippen LogP contribution is -2.52. The number of aryl methyl sites for hydroxylation is 1. The van der Waals surface area contributed by atoms with Crippen LogP contribution in [0.15, 0.2) is 17.5 Å². The maximum Gasteiger partial charge on any atom is 0.348 e. The van der Waals surface area contributed by atoms with Crippen LogP contribution in [0.2, 0.25) is 10.0 Å². The van der Waals surface area contributed by atoms with E-state index < -0.39 is 17.9 Å². The summed E-state index contributed by atoms with van der Waals surface area (Å²) in [6, 6.07) is -0.421. The number of carboxylic acids is 1. The van der Waals surface area contributed by atoms with Gasteiger partial charge in [0.05, 0.1) is 28.3 Å². The number of carboxylic acid groups (broad SMARTS) is 1. The third-order valence-electron chi connectivity index (χ3n) is 5.04. The van der Waals surface area contributed by atoms with Crippen molar-refractivity contribution in [2.24, 2.45) is 5.16 Å². The standard InChI is InChI=1S/C19H19Cl2N7O4S/c1-8-11(20)12(21)13(24-8)17(29)25-9-3-6-28(7-10(9)27-32-2)19-26-14(15(33-19)18(30)31)16-22-4-5-23-16/h4-5,9,24H,3,6-7H2,1-2H3,(H,22,23)(H,25,29)(H,30,31)/b27-10-. The Hall–Kier alpha value is -3.09. The van der Waals surface area contributed by atoms with Crippen LogP contribution >= 0.6 is 34.5 Å². The number of carbonyl (C=O) groups excluding carboxylic acids is 1. The Labute approximate surface area is 201 Å². The van der Waals surface area contributed by atoms with Gasteiger partial charge in [-0.3, -0.25) is 4.79 Å². The van der Waals surface area contributed by atoms with Gasteiger partial charge in [0.2, 0.25) is 0 Å². The van der Waals surface area contributed by atoms with Gasteiger partial charge in [0, 0.05) is 24.6 Å². The summed E-state index contributed by atoms with van der Waals surface area (Å²) < 4.78 is 0. The number of rotatable bonds is 6. The Kier molecular flexibility index (Phi) is 6.58. The van der Waals surface area contributed by atoms with Crippen molar-refractivity contribution in [3.63, 3.8) is 0 Å². The number of anilines is 1. The Morgan fingerprint density at radius 2 is 2.18 bits per heavy atom. The van der Waals surface area contributed by atoms with Gasteiger partial charge < -0.3 is 30.1 Å². The number of thiazole rings is 1. The van der Waals surface area contributed by atoms with Crippen LogP contribution in [-0.4, -0.2) is 68.9 Å². The SMILES string of the molecule is CO/N=C1/CN(c2nc(-c3ncc[nH]3)c(C(=O)O)s2)CCC1NC(=O)c1[nH]c(C)c(Cl)c1Cl. The molecule has 0 spiro atoms. The number of halogens is 2. The Bertz CT molecular complexity index is 1220. The fourth-order valence-corrected chi connectivity index (χ4v) is 4.81. The highest BCUT2D eigenvalue weighted by molar-refractivity contribution is 7.17. The third kappa shape index (κ3) is 4.54. The molecule has 33 heavy (non-hydrogen) atoms. The molecular formula is C19H19Cl2N7O4S. The van der Waals surface area contributed by atoms with Crippen LogP contribution in [0.3, 0.4) is 0 Å². The highest BCUT2D eigenvalue weighted by Gasteiger charge is 2.32. The largest absolute Gasteiger partial charge is 0.477 e. The molecule has 3 aromatic rings. The summed E-state index contributed by atoms with van der Waals surface area (Å²) in [4.78, 5) is 45.8. The van der Waals surface area contributed by atoms with E-state index >= 15 is 0 Å². The summed E-state index contributed by atoms with van der Waals surface area (Å²) >= 11 is 13.3. The van der Waals surface area contributed by atoms with Gasteiger partial charge in [-0.05, 0) is 13.3 Å². The number of piperidine rings is 1. The molecule has 0 bridgehead atoms. The molecule has 1 atom stereocenters. The zero-order valence-corrected chi connectivity index (χ0v) is 19.8. The minimum Gasteiger partial charge on any atom is -0.477 e. The number of H-pyrrole nitrogens is 2. The van der Waals surface area contributed by atoms with E-state index in [-0.39, 0.29) is 27.8 Å². The maximum atomic E-state index is 12.8. The number of carbonyl (C=O) groups is 2. The van der Waals surface area contributed by atoms with E-state index in [4.69, 9.17) is 28.0 Å². The molecule has 1 amide bonds. The lowest BCUT2D eigenvalue weighted by atomic mass is 10.0. The van der Waals surface area contributed by atoms with Crippen molar-refractivity contribution in [1.29, 1.82) is 0 Å². The molecule has 1 saturated heterocycles. The zero-order chi connectivity index (χ0) is 23.7. The van der Waals surface area contributed by atoms with Crippen LogP contribution in [0.5, 0.6) is 0 Å². The first-order chi connectivity index (χ1) is 15.8. The van der Waals surface area contributed by atoms with Crippen molar-refractivity contribution in [2.75, 3.05) is 25.1 Å². The predicted octanol–water partition coefficient (Wildman–Crippen LogP) is 3.19. The average molecular weight is 512 g/mol. The molecule has 1 aliphatic heterocycles. The van der Waals surface area contributed by atoms with Gasteiger partial charge in [-0.15, -0.1) is 0 Å². The van der Waals surface area contributed by atoms with Crippen LogP contribution in [0.4, 0.5) is 5.13 Å². The molecule has 0 aromatic carbocycles. The first-order valence-corrected chi connectivity index (χ1v) is 11.3. The highest BCUT2D eigenvalue weighted by Crippen LogP contribution is 2.33. The van der Waals surface area contributed by atoms with Crippen LogP contribution in [-0.2, 0) is 4.84 Å². The number of oxime groups is 1. The molecule has 4 rings (SSSR count). The summed E-state index contributed by atoms with van der Waals surface area (Å²) in [7, 11) is 1.41. The van der Waals surface area contributed by atoms with E-state index in [1.165, 1.54) is 13.3 Å². The lowest BCUT2D eigenvalue weighted by Gasteiger charge is -2.32. The van der Waals surface area contributed by atoms with Crippen LogP contribution in [0.25, 0.3) is 11.5 Å². The number of aromatic amines is 2. The van der Waals surface area contributed by atoms with Crippen molar-refractivity contribution in [3.05, 3.63) is 38.7 Å². The van der Waals surface area contributed by atoms with E-state index in [1.54, 1.807) is 13.1 Å². The Balaban J connectivity index is 1.54. The fraction of sp³-hybridized carbons (Fsp3) is 0.316. The first-order valence-electron chi connectivity index (χ1n) is 9.73. The van der Waals surface area contributed by atoms with Gasteiger partial charge in [-0.2, -0.15) is 0 Å². The quantitative estimate of drug-likeness (QED) is 0.371. The minimum absolute atomic E-state index is 0.0780. The average Bonchev–Trinajstić information content (AvgIpc) is 3.51. The third-order valence-corrected chi connectivity index (χ3v) is 7.09. The second-order valence-electron chi connectivity index (χ2n) is 7.17. The maximum absolute atomic E-state index is 12.8. The van der Waals surface area contributed by atoms with E-state index in [9.17, 15) is 14.7 Å². The molecular weight excluding hydrogens is 493 g/mol. The van der Waals surface area contributed by atoms with E-state index in [2.05, 4.69) is 30.4 Å². The summed E-state index contributed by atoms with van der Waals surface area (Å²) in [5, 5.41) is 17.5. The minimum atomic E-state index is -1.09. The van der Waals surface area contributed by atoms with Gasteiger partial charge in [-0.25, -0.2) is 14.8 Å². The summed E-state index contributed by atoms with van der Waals surface area (Å²) in [5.74, 6) is -1.13. The topological polar surface area (TPSA) is 149 Å². The predicted molar refractivity (Wildman–Crippen MR) is 125 cm³/mol. The zero-order valence-electron chi connectivity index (χ0n) is 17.5. The molecule has 1 aliphatic rings. The van der Waals surface area contributed by atoms with Crippen LogP contribution in [0, 0.1) is 6.92 Å². The second kappa shape index (κ2) is 9.41. The summed E-state index contributed by atoms with van der Waals surface area (Å²) in [6.45, 7) is 2.50. The number of aromatic nitrogens is 4. The van der Waals surface area contributed by atoms with Crippen molar-refractivity contribution < 1.29 is 19.5 Å². The normalized spacial score (nSPS) is 17.4. The van der Waals surface area contributed by atoms with E-state index in [0.29, 0.717) is 40.3 Å². The van der Waals surface area contributed by atoms with Crippen molar-refractivity contribution in [1.82, 2.24) is 25.3 Å².